The minimum absolute atomic E-state index is 0.0543. The molecule has 33 heavy (non-hydrogen) atoms. The van der Waals surface area contributed by atoms with Gasteiger partial charge in [0.25, 0.3) is 0 Å². The number of benzene rings is 2. The second-order valence-corrected chi connectivity index (χ2v) is 10.3. The van der Waals surface area contributed by atoms with E-state index in [1.54, 1.807) is 18.2 Å². The van der Waals surface area contributed by atoms with E-state index in [-0.39, 0.29) is 29.4 Å². The lowest BCUT2D eigenvalue weighted by Gasteiger charge is -2.45. The van der Waals surface area contributed by atoms with Gasteiger partial charge in [0.1, 0.15) is 5.75 Å². The van der Waals surface area contributed by atoms with Crippen LogP contribution in [0.5, 0.6) is 5.75 Å². The Bertz CT molecular complexity index is 1060. The molecule has 0 aromatic heterocycles. The summed E-state index contributed by atoms with van der Waals surface area (Å²) in [5.41, 5.74) is 3.31. The number of ether oxygens (including phenoxy) is 1. The normalized spacial score (nSPS) is 27.1. The van der Waals surface area contributed by atoms with Gasteiger partial charge < -0.3 is 25.0 Å². The van der Waals surface area contributed by atoms with Crippen LogP contribution in [0.2, 0.25) is 5.02 Å². The Morgan fingerprint density at radius 2 is 2.09 bits per heavy atom. The van der Waals surface area contributed by atoms with Crippen LogP contribution in [0.4, 0.5) is 5.69 Å². The molecule has 176 valence electrons. The number of aliphatic hydroxyl groups is 2. The maximum Gasteiger partial charge on any atom is 0.335 e. The maximum absolute atomic E-state index is 11.7. The van der Waals surface area contributed by atoms with E-state index in [0.29, 0.717) is 25.4 Å². The fourth-order valence-corrected chi connectivity index (χ4v) is 6.19. The molecule has 1 heterocycles. The first-order chi connectivity index (χ1) is 15.9. The van der Waals surface area contributed by atoms with Crippen LogP contribution in [0, 0.1) is 11.8 Å². The zero-order valence-electron chi connectivity index (χ0n) is 18.5. The minimum Gasteiger partial charge on any atom is -0.490 e. The summed E-state index contributed by atoms with van der Waals surface area (Å²) in [7, 11) is 0. The van der Waals surface area contributed by atoms with E-state index in [2.05, 4.69) is 17.0 Å². The number of nitrogens with zero attached hydrogens (tertiary/aromatic N) is 1. The monoisotopic (exact) mass is 471 g/mol. The highest BCUT2D eigenvalue weighted by Gasteiger charge is 2.44. The van der Waals surface area contributed by atoms with Crippen LogP contribution in [0.3, 0.4) is 0 Å². The predicted molar refractivity (Wildman–Crippen MR) is 126 cm³/mol. The van der Waals surface area contributed by atoms with Gasteiger partial charge >= 0.3 is 5.97 Å². The van der Waals surface area contributed by atoms with Crippen molar-refractivity contribution in [1.29, 1.82) is 0 Å². The number of hydrogen-bond donors (Lipinski definition) is 3. The van der Waals surface area contributed by atoms with Gasteiger partial charge in [-0.15, -0.1) is 0 Å². The van der Waals surface area contributed by atoms with Gasteiger partial charge in [-0.2, -0.15) is 0 Å². The summed E-state index contributed by atoms with van der Waals surface area (Å²) in [4.78, 5) is 14.0. The third-order valence-electron chi connectivity index (χ3n) is 7.90. The third kappa shape index (κ3) is 4.09. The Labute approximate surface area is 198 Å². The van der Waals surface area contributed by atoms with Crippen molar-refractivity contribution in [3.63, 3.8) is 0 Å². The number of aryl methyl sites for hydroxylation is 1. The lowest BCUT2D eigenvalue weighted by molar-refractivity contribution is -0.0183. The number of aromatic carboxylic acids is 1. The van der Waals surface area contributed by atoms with E-state index >= 15 is 0 Å². The van der Waals surface area contributed by atoms with Gasteiger partial charge in [-0.1, -0.05) is 17.7 Å². The highest BCUT2D eigenvalue weighted by atomic mass is 35.5. The van der Waals surface area contributed by atoms with Gasteiger partial charge in [0.2, 0.25) is 0 Å². The molecule has 3 N–H and O–H groups in total. The first kappa shape index (κ1) is 22.5. The van der Waals surface area contributed by atoms with E-state index in [9.17, 15) is 20.1 Å². The second kappa shape index (κ2) is 8.82. The Morgan fingerprint density at radius 3 is 2.82 bits per heavy atom. The molecule has 6 nitrogen and oxygen atoms in total. The number of rotatable bonds is 5. The standard InChI is InChI=1S/C26H30ClNO5/c27-19-5-7-21-16(10-19)2-1-9-26(21)14-28(12-18-3-6-20(18)23(30)13-29)22-11-17(25(31)32)4-8-24(22)33-15-26/h4-5,7-8,10-11,18,20,23,29-30H,1-3,6,9,12-15H2,(H,31,32)/t18-,20+,23-,26?/m0/s1. The van der Waals surface area contributed by atoms with E-state index in [1.807, 2.05) is 6.07 Å². The average Bonchev–Trinajstić information content (AvgIpc) is 2.93. The summed E-state index contributed by atoms with van der Waals surface area (Å²) in [6, 6.07) is 11.2. The van der Waals surface area contributed by atoms with Crippen molar-refractivity contribution >= 4 is 23.3 Å². The van der Waals surface area contributed by atoms with Crippen molar-refractivity contribution in [2.24, 2.45) is 11.8 Å². The van der Waals surface area contributed by atoms with Gasteiger partial charge in [0.05, 0.1) is 30.6 Å². The van der Waals surface area contributed by atoms with Crippen LogP contribution in [0.1, 0.15) is 47.2 Å². The first-order valence-electron chi connectivity index (χ1n) is 11.7. The quantitative estimate of drug-likeness (QED) is 0.613. The molecule has 2 aromatic rings. The zero-order valence-corrected chi connectivity index (χ0v) is 19.3. The molecule has 3 aliphatic rings. The van der Waals surface area contributed by atoms with Crippen LogP contribution in [0.15, 0.2) is 36.4 Å². The topological polar surface area (TPSA) is 90.2 Å². The van der Waals surface area contributed by atoms with Gasteiger partial charge in [0, 0.05) is 23.5 Å². The van der Waals surface area contributed by atoms with Crippen molar-refractivity contribution < 1.29 is 24.9 Å². The number of fused-ring (bicyclic) bond motifs is 3. The van der Waals surface area contributed by atoms with Crippen molar-refractivity contribution in [2.45, 2.75) is 43.6 Å². The molecule has 0 radical (unpaired) electrons. The van der Waals surface area contributed by atoms with E-state index in [0.717, 1.165) is 42.8 Å². The van der Waals surface area contributed by atoms with Crippen molar-refractivity contribution in [3.05, 3.63) is 58.1 Å². The summed E-state index contributed by atoms with van der Waals surface area (Å²) in [5.74, 6) is 0.0127. The maximum atomic E-state index is 11.7. The summed E-state index contributed by atoms with van der Waals surface area (Å²) in [6.45, 7) is 1.68. The molecule has 1 unspecified atom stereocenters. The fraction of sp³-hybridized carbons (Fsp3) is 0.500. The fourth-order valence-electron chi connectivity index (χ4n) is 5.99. The minimum atomic E-state index is -0.966. The molecule has 0 bridgehead atoms. The van der Waals surface area contributed by atoms with Crippen LogP contribution < -0.4 is 9.64 Å². The number of carbonyl (C=O) groups is 1. The van der Waals surface area contributed by atoms with Gasteiger partial charge in [0.15, 0.2) is 0 Å². The van der Waals surface area contributed by atoms with Crippen LogP contribution in [0.25, 0.3) is 0 Å². The van der Waals surface area contributed by atoms with Gasteiger partial charge in [-0.3, -0.25) is 0 Å². The SMILES string of the molecule is O=C(O)c1ccc2c(c1)N(C[C@@H]1CC[C@H]1[C@@H](O)CO)CC1(CCCc3cc(Cl)ccc31)CO2. The first-order valence-corrected chi connectivity index (χ1v) is 12.1. The number of hydrogen-bond acceptors (Lipinski definition) is 5. The van der Waals surface area contributed by atoms with Crippen LogP contribution in [-0.2, 0) is 11.8 Å². The van der Waals surface area contributed by atoms with Crippen molar-refractivity contribution in [1.82, 2.24) is 0 Å². The third-order valence-corrected chi connectivity index (χ3v) is 8.13. The molecule has 2 aliphatic carbocycles. The van der Waals surface area contributed by atoms with Crippen molar-refractivity contribution in [3.8, 4) is 5.75 Å². The molecule has 1 aliphatic heterocycles. The Balaban J connectivity index is 1.54. The number of anilines is 1. The predicted octanol–water partition coefficient (Wildman–Crippen LogP) is 3.89. The molecular weight excluding hydrogens is 442 g/mol. The molecule has 0 amide bonds. The molecule has 1 saturated carbocycles. The Hall–Kier alpha value is -2.28. The highest BCUT2D eigenvalue weighted by Crippen LogP contribution is 2.46. The number of carboxylic acid groups (broad SMARTS) is 1. The lowest BCUT2D eigenvalue weighted by Crippen LogP contribution is -2.50. The molecule has 1 spiro atoms. The summed E-state index contributed by atoms with van der Waals surface area (Å²) < 4.78 is 6.37. The van der Waals surface area contributed by atoms with Crippen molar-refractivity contribution in [2.75, 3.05) is 31.2 Å². The molecule has 1 fully saturated rings. The highest BCUT2D eigenvalue weighted by molar-refractivity contribution is 6.30. The number of aliphatic hydroxyl groups excluding tert-OH is 2. The molecule has 4 atom stereocenters. The second-order valence-electron chi connectivity index (χ2n) is 9.84. The Morgan fingerprint density at radius 1 is 1.24 bits per heavy atom. The molecule has 0 saturated heterocycles. The van der Waals surface area contributed by atoms with Gasteiger partial charge in [-0.05, 0) is 85.4 Å². The van der Waals surface area contributed by atoms with Crippen LogP contribution in [-0.4, -0.2) is 53.7 Å². The van der Waals surface area contributed by atoms with E-state index in [1.165, 1.54) is 11.1 Å². The number of carboxylic acids is 1. The summed E-state index contributed by atoms with van der Waals surface area (Å²) >= 11 is 6.30. The molecular formula is C26H30ClNO5. The lowest BCUT2D eigenvalue weighted by atomic mass is 9.68. The largest absolute Gasteiger partial charge is 0.490 e. The summed E-state index contributed by atoms with van der Waals surface area (Å²) in [6.07, 6.45) is 4.16. The Kier molecular flexibility index (Phi) is 6.02. The smallest absolute Gasteiger partial charge is 0.335 e. The average molecular weight is 472 g/mol. The molecule has 7 heteroatoms. The van der Waals surface area contributed by atoms with E-state index in [4.69, 9.17) is 16.3 Å². The molecule has 5 rings (SSSR count). The van der Waals surface area contributed by atoms with Gasteiger partial charge in [-0.25, -0.2) is 4.79 Å². The number of halogens is 1. The summed E-state index contributed by atoms with van der Waals surface area (Å²) in [5, 5.41) is 30.1. The molecule has 2 aromatic carbocycles. The van der Waals surface area contributed by atoms with E-state index < -0.39 is 12.1 Å². The zero-order chi connectivity index (χ0) is 23.2. The van der Waals surface area contributed by atoms with Crippen LogP contribution >= 0.6 is 11.6 Å².